The summed E-state index contributed by atoms with van der Waals surface area (Å²) in [6.45, 7) is 5.96. The second-order valence-corrected chi connectivity index (χ2v) is 5.04. The van der Waals surface area contributed by atoms with Crippen LogP contribution >= 0.6 is 0 Å². The van der Waals surface area contributed by atoms with Crippen LogP contribution in [0.5, 0.6) is 0 Å². The standard InChI is InChI=1S/C15H19NO2/c1-10-13-5-3-4-6-14(13)18-15(10)11(2)16-12-7-8-17-9-12/h3-6,11-12,16H,7-9H2,1-2H3. The Hall–Kier alpha value is -1.32. The normalized spacial score (nSPS) is 21.6. The summed E-state index contributed by atoms with van der Waals surface area (Å²) < 4.78 is 11.4. The average Bonchev–Trinajstić information content (AvgIpc) is 2.98. The molecule has 1 fully saturated rings. The van der Waals surface area contributed by atoms with E-state index in [0.29, 0.717) is 6.04 Å². The van der Waals surface area contributed by atoms with E-state index in [9.17, 15) is 0 Å². The summed E-state index contributed by atoms with van der Waals surface area (Å²) in [7, 11) is 0. The van der Waals surface area contributed by atoms with Gasteiger partial charge in [-0.05, 0) is 31.9 Å². The highest BCUT2D eigenvalue weighted by Gasteiger charge is 2.22. The Kier molecular flexibility index (Phi) is 3.10. The van der Waals surface area contributed by atoms with Crippen LogP contribution in [-0.4, -0.2) is 19.3 Å². The van der Waals surface area contributed by atoms with Crippen LogP contribution in [0.25, 0.3) is 11.0 Å². The molecule has 0 radical (unpaired) electrons. The third-order valence-corrected chi connectivity index (χ3v) is 3.69. The van der Waals surface area contributed by atoms with Crippen molar-refractivity contribution in [3.05, 3.63) is 35.6 Å². The first-order valence-electron chi connectivity index (χ1n) is 6.57. The van der Waals surface area contributed by atoms with E-state index in [1.54, 1.807) is 0 Å². The third kappa shape index (κ3) is 2.04. The lowest BCUT2D eigenvalue weighted by Gasteiger charge is -2.16. The predicted octanol–water partition coefficient (Wildman–Crippen LogP) is 3.18. The molecule has 2 aromatic rings. The number of rotatable bonds is 3. The Morgan fingerprint density at radius 1 is 1.33 bits per heavy atom. The summed E-state index contributed by atoms with van der Waals surface area (Å²) in [6, 6.07) is 8.88. The summed E-state index contributed by atoms with van der Waals surface area (Å²) in [5.41, 5.74) is 2.21. The van der Waals surface area contributed by atoms with Crippen LogP contribution in [0, 0.1) is 6.92 Å². The fourth-order valence-corrected chi connectivity index (χ4v) is 2.70. The summed E-state index contributed by atoms with van der Waals surface area (Å²) in [6.07, 6.45) is 1.09. The van der Waals surface area contributed by atoms with Crippen molar-refractivity contribution in [2.24, 2.45) is 0 Å². The van der Waals surface area contributed by atoms with Crippen LogP contribution in [0.2, 0.25) is 0 Å². The minimum Gasteiger partial charge on any atom is -0.459 e. The van der Waals surface area contributed by atoms with Gasteiger partial charge in [0.25, 0.3) is 0 Å². The minimum absolute atomic E-state index is 0.226. The zero-order valence-electron chi connectivity index (χ0n) is 10.9. The molecule has 3 nitrogen and oxygen atoms in total. The maximum atomic E-state index is 5.97. The number of hydrogen-bond acceptors (Lipinski definition) is 3. The molecule has 2 heterocycles. The molecule has 1 aliphatic heterocycles. The van der Waals surface area contributed by atoms with Crippen molar-refractivity contribution in [3.63, 3.8) is 0 Å². The number of benzene rings is 1. The Morgan fingerprint density at radius 2 is 2.17 bits per heavy atom. The molecule has 1 aromatic heterocycles. The summed E-state index contributed by atoms with van der Waals surface area (Å²) in [5.74, 6) is 1.04. The second kappa shape index (κ2) is 4.75. The molecule has 0 bridgehead atoms. The lowest BCUT2D eigenvalue weighted by atomic mass is 10.1. The largest absolute Gasteiger partial charge is 0.459 e. The van der Waals surface area contributed by atoms with E-state index in [2.05, 4.69) is 31.3 Å². The first-order valence-corrected chi connectivity index (χ1v) is 6.57. The lowest BCUT2D eigenvalue weighted by molar-refractivity contribution is 0.187. The maximum absolute atomic E-state index is 5.97. The zero-order valence-corrected chi connectivity index (χ0v) is 10.9. The van der Waals surface area contributed by atoms with Gasteiger partial charge in [0.15, 0.2) is 0 Å². The van der Waals surface area contributed by atoms with Crippen molar-refractivity contribution in [1.82, 2.24) is 5.32 Å². The number of hydrogen-bond donors (Lipinski definition) is 1. The van der Waals surface area contributed by atoms with Crippen molar-refractivity contribution in [2.75, 3.05) is 13.2 Å². The fourth-order valence-electron chi connectivity index (χ4n) is 2.70. The van der Waals surface area contributed by atoms with Crippen molar-refractivity contribution >= 4 is 11.0 Å². The number of para-hydroxylation sites is 1. The van der Waals surface area contributed by atoms with Crippen LogP contribution in [0.3, 0.4) is 0 Å². The van der Waals surface area contributed by atoms with Crippen LogP contribution in [0.4, 0.5) is 0 Å². The van der Waals surface area contributed by atoms with Gasteiger partial charge in [0.1, 0.15) is 11.3 Å². The fraction of sp³-hybridized carbons (Fsp3) is 0.467. The topological polar surface area (TPSA) is 34.4 Å². The van der Waals surface area contributed by atoms with E-state index in [0.717, 1.165) is 31.0 Å². The van der Waals surface area contributed by atoms with Gasteiger partial charge in [0, 0.05) is 18.0 Å². The molecule has 2 unspecified atom stereocenters. The first kappa shape index (κ1) is 11.8. The zero-order chi connectivity index (χ0) is 12.5. The van der Waals surface area contributed by atoms with Gasteiger partial charge >= 0.3 is 0 Å². The van der Waals surface area contributed by atoms with Gasteiger partial charge in [-0.25, -0.2) is 0 Å². The van der Waals surface area contributed by atoms with Gasteiger partial charge in [-0.1, -0.05) is 18.2 Å². The molecule has 2 atom stereocenters. The van der Waals surface area contributed by atoms with Crippen molar-refractivity contribution in [3.8, 4) is 0 Å². The summed E-state index contributed by atoms with van der Waals surface area (Å²) >= 11 is 0. The predicted molar refractivity (Wildman–Crippen MR) is 71.7 cm³/mol. The molecule has 1 saturated heterocycles. The number of fused-ring (bicyclic) bond motifs is 1. The number of aryl methyl sites for hydroxylation is 1. The molecular weight excluding hydrogens is 226 g/mol. The monoisotopic (exact) mass is 245 g/mol. The number of furan rings is 1. The van der Waals surface area contributed by atoms with Gasteiger partial charge in [-0.3, -0.25) is 0 Å². The van der Waals surface area contributed by atoms with Crippen molar-refractivity contribution in [2.45, 2.75) is 32.4 Å². The Morgan fingerprint density at radius 3 is 2.89 bits per heavy atom. The van der Waals surface area contributed by atoms with Crippen LogP contribution in [-0.2, 0) is 4.74 Å². The van der Waals surface area contributed by atoms with E-state index in [4.69, 9.17) is 9.15 Å². The lowest BCUT2D eigenvalue weighted by Crippen LogP contribution is -2.31. The Labute approximate surface area is 107 Å². The molecule has 1 aromatic carbocycles. The number of nitrogens with one attached hydrogen (secondary N) is 1. The molecular formula is C15H19NO2. The minimum atomic E-state index is 0.226. The quantitative estimate of drug-likeness (QED) is 0.901. The van der Waals surface area contributed by atoms with E-state index >= 15 is 0 Å². The molecule has 0 aliphatic carbocycles. The Balaban J connectivity index is 1.86. The number of ether oxygens (including phenoxy) is 1. The van der Waals surface area contributed by atoms with Gasteiger partial charge < -0.3 is 14.5 Å². The van der Waals surface area contributed by atoms with Gasteiger partial charge in [-0.15, -0.1) is 0 Å². The van der Waals surface area contributed by atoms with Crippen molar-refractivity contribution in [1.29, 1.82) is 0 Å². The van der Waals surface area contributed by atoms with E-state index in [1.807, 2.05) is 12.1 Å². The molecule has 0 saturated carbocycles. The summed E-state index contributed by atoms with van der Waals surface area (Å²) in [4.78, 5) is 0. The molecule has 1 aliphatic rings. The highest BCUT2D eigenvalue weighted by molar-refractivity contribution is 5.82. The molecule has 18 heavy (non-hydrogen) atoms. The van der Waals surface area contributed by atoms with Crippen LogP contribution in [0.15, 0.2) is 28.7 Å². The second-order valence-electron chi connectivity index (χ2n) is 5.04. The average molecular weight is 245 g/mol. The maximum Gasteiger partial charge on any atom is 0.134 e. The van der Waals surface area contributed by atoms with Gasteiger partial charge in [-0.2, -0.15) is 0 Å². The SMILES string of the molecule is Cc1c(C(C)NC2CCOC2)oc2ccccc12. The molecule has 0 spiro atoms. The third-order valence-electron chi connectivity index (χ3n) is 3.69. The van der Waals surface area contributed by atoms with Crippen LogP contribution in [0.1, 0.15) is 30.7 Å². The highest BCUT2D eigenvalue weighted by atomic mass is 16.5. The van der Waals surface area contributed by atoms with E-state index in [1.165, 1.54) is 10.9 Å². The summed E-state index contributed by atoms with van der Waals surface area (Å²) in [5, 5.41) is 4.79. The van der Waals surface area contributed by atoms with E-state index in [-0.39, 0.29) is 6.04 Å². The molecule has 96 valence electrons. The molecule has 1 N–H and O–H groups in total. The smallest absolute Gasteiger partial charge is 0.134 e. The molecule has 3 heteroatoms. The highest BCUT2D eigenvalue weighted by Crippen LogP contribution is 2.29. The van der Waals surface area contributed by atoms with Gasteiger partial charge in [0.05, 0.1) is 12.6 Å². The molecule has 0 amide bonds. The van der Waals surface area contributed by atoms with Crippen LogP contribution < -0.4 is 5.32 Å². The van der Waals surface area contributed by atoms with Crippen molar-refractivity contribution < 1.29 is 9.15 Å². The van der Waals surface area contributed by atoms with Gasteiger partial charge in [0.2, 0.25) is 0 Å². The molecule has 3 rings (SSSR count). The Bertz CT molecular complexity index is 540. The first-order chi connectivity index (χ1) is 8.75. The van der Waals surface area contributed by atoms with E-state index < -0.39 is 0 Å².